The molecule has 0 spiro atoms. The molecule has 0 unspecified atom stereocenters. The summed E-state index contributed by atoms with van der Waals surface area (Å²) in [5.41, 5.74) is -0.168. The molecule has 1 saturated carbocycles. The van der Waals surface area contributed by atoms with Crippen LogP contribution < -0.4 is 10.1 Å². The minimum absolute atomic E-state index is 0.0957. The van der Waals surface area contributed by atoms with E-state index in [1.807, 2.05) is 6.92 Å². The molecule has 0 amide bonds. The average molecular weight is 308 g/mol. The van der Waals surface area contributed by atoms with Gasteiger partial charge in [-0.05, 0) is 19.3 Å². The second kappa shape index (κ2) is 7.91. The molecule has 22 heavy (non-hydrogen) atoms. The van der Waals surface area contributed by atoms with Crippen LogP contribution in [0.25, 0.3) is 0 Å². The highest BCUT2D eigenvalue weighted by Gasteiger charge is 2.28. The second-order valence-electron chi connectivity index (χ2n) is 5.63. The van der Waals surface area contributed by atoms with Gasteiger partial charge < -0.3 is 10.1 Å². The Hall–Kier alpha value is -1.92. The van der Waals surface area contributed by atoms with Crippen molar-refractivity contribution in [2.24, 2.45) is 0 Å². The molecule has 0 saturated heterocycles. The Morgan fingerprint density at radius 2 is 2.05 bits per heavy atom. The zero-order chi connectivity index (χ0) is 15.9. The summed E-state index contributed by atoms with van der Waals surface area (Å²) in [5.74, 6) is 1.28. The largest absolute Gasteiger partial charge is 0.473 e. The highest BCUT2D eigenvalue weighted by molar-refractivity contribution is 5.61. The van der Waals surface area contributed by atoms with Crippen molar-refractivity contribution in [3.05, 3.63) is 15.9 Å². The lowest BCUT2D eigenvalue weighted by atomic mass is 9.88. The van der Waals surface area contributed by atoms with Crippen LogP contribution in [0.2, 0.25) is 0 Å². The van der Waals surface area contributed by atoms with Crippen LogP contribution in [0.15, 0.2) is 0 Å². The van der Waals surface area contributed by atoms with Gasteiger partial charge in [0.05, 0.1) is 11.5 Å². The number of nitrogens with one attached hydrogen (secondary N) is 1. The molecule has 122 valence electrons. The van der Waals surface area contributed by atoms with Crippen LogP contribution in [0.5, 0.6) is 5.88 Å². The van der Waals surface area contributed by atoms with Crippen molar-refractivity contribution in [3.8, 4) is 5.88 Å². The van der Waals surface area contributed by atoms with E-state index in [2.05, 4.69) is 15.3 Å². The van der Waals surface area contributed by atoms with Crippen LogP contribution in [0, 0.1) is 10.1 Å². The summed E-state index contributed by atoms with van der Waals surface area (Å²) < 4.78 is 5.58. The van der Waals surface area contributed by atoms with Gasteiger partial charge in [0.25, 0.3) is 5.88 Å². The van der Waals surface area contributed by atoms with Gasteiger partial charge in [0.15, 0.2) is 0 Å². The lowest BCUT2D eigenvalue weighted by molar-refractivity contribution is -0.385. The van der Waals surface area contributed by atoms with E-state index >= 15 is 0 Å². The Kier molecular flexibility index (Phi) is 5.91. The summed E-state index contributed by atoms with van der Waals surface area (Å²) in [6.45, 7) is 2.48. The zero-order valence-electron chi connectivity index (χ0n) is 13.3. The number of unbranched alkanes of at least 4 members (excludes halogenated alkanes) is 1. The number of nitro groups is 1. The fourth-order valence-electron chi connectivity index (χ4n) is 2.75. The van der Waals surface area contributed by atoms with Gasteiger partial charge in [-0.15, -0.1) is 0 Å². The number of hydrogen-bond donors (Lipinski definition) is 1. The fraction of sp³-hybridized carbons (Fsp3) is 0.733. The number of ether oxygens (including phenoxy) is 1. The van der Waals surface area contributed by atoms with Gasteiger partial charge in [-0.3, -0.25) is 10.1 Å². The number of hydrogen-bond acceptors (Lipinski definition) is 6. The molecule has 7 heteroatoms. The van der Waals surface area contributed by atoms with Crippen LogP contribution in [0.1, 0.15) is 63.6 Å². The summed E-state index contributed by atoms with van der Waals surface area (Å²) in [6, 6.07) is 0. The van der Waals surface area contributed by atoms with Crippen LogP contribution in [-0.4, -0.2) is 28.5 Å². The molecule has 0 radical (unpaired) electrons. The topological polar surface area (TPSA) is 90.2 Å². The summed E-state index contributed by atoms with van der Waals surface area (Å²) in [6.07, 6.45) is 7.44. The predicted octanol–water partition coefficient (Wildman–Crippen LogP) is 3.65. The van der Waals surface area contributed by atoms with Crippen molar-refractivity contribution >= 4 is 11.5 Å². The first-order valence-corrected chi connectivity index (χ1v) is 8.04. The molecule has 2 rings (SSSR count). The average Bonchev–Trinajstić information content (AvgIpc) is 2.54. The Morgan fingerprint density at radius 1 is 1.32 bits per heavy atom. The van der Waals surface area contributed by atoms with Gasteiger partial charge in [-0.25, -0.2) is 4.98 Å². The minimum Gasteiger partial charge on any atom is -0.473 e. The Morgan fingerprint density at radius 3 is 2.64 bits per heavy atom. The van der Waals surface area contributed by atoms with Gasteiger partial charge in [0.2, 0.25) is 5.82 Å². The molecule has 1 aliphatic carbocycles. The molecule has 0 atom stereocenters. The standard InChI is InChI=1S/C15H24N4O3/c1-3-4-10-22-15-12(19(20)21)14(16-2)17-13(18-15)11-8-6-5-7-9-11/h11H,3-10H2,1-2H3,(H,16,17,18). The molecule has 1 heterocycles. The maximum Gasteiger partial charge on any atom is 0.372 e. The lowest BCUT2D eigenvalue weighted by Gasteiger charge is -2.21. The van der Waals surface area contributed by atoms with Crippen LogP contribution in [-0.2, 0) is 0 Å². The van der Waals surface area contributed by atoms with Gasteiger partial charge in [0.1, 0.15) is 5.82 Å². The first kappa shape index (κ1) is 16.5. The number of aromatic nitrogens is 2. The van der Waals surface area contributed by atoms with Crippen molar-refractivity contribution in [1.29, 1.82) is 0 Å². The highest BCUT2D eigenvalue weighted by Crippen LogP contribution is 2.37. The van der Waals surface area contributed by atoms with E-state index in [1.165, 1.54) is 6.42 Å². The fourth-order valence-corrected chi connectivity index (χ4v) is 2.75. The van der Waals surface area contributed by atoms with Crippen molar-refractivity contribution in [1.82, 2.24) is 9.97 Å². The van der Waals surface area contributed by atoms with E-state index < -0.39 is 4.92 Å². The maximum atomic E-state index is 11.3. The first-order chi connectivity index (χ1) is 10.7. The second-order valence-corrected chi connectivity index (χ2v) is 5.63. The van der Waals surface area contributed by atoms with Crippen molar-refractivity contribution in [2.45, 2.75) is 57.8 Å². The molecular formula is C15H24N4O3. The van der Waals surface area contributed by atoms with Gasteiger partial charge in [-0.1, -0.05) is 32.6 Å². The third-order valence-corrected chi connectivity index (χ3v) is 4.00. The van der Waals surface area contributed by atoms with E-state index in [0.717, 1.165) is 38.5 Å². The molecule has 0 aromatic carbocycles. The smallest absolute Gasteiger partial charge is 0.372 e. The summed E-state index contributed by atoms with van der Waals surface area (Å²) in [5, 5.41) is 14.1. The molecule has 7 nitrogen and oxygen atoms in total. The van der Waals surface area contributed by atoms with Crippen LogP contribution in [0.3, 0.4) is 0 Å². The van der Waals surface area contributed by atoms with Crippen LogP contribution >= 0.6 is 0 Å². The van der Waals surface area contributed by atoms with E-state index in [9.17, 15) is 10.1 Å². The van der Waals surface area contributed by atoms with Gasteiger partial charge in [0, 0.05) is 13.0 Å². The molecule has 0 bridgehead atoms. The molecule has 1 aliphatic rings. The molecule has 0 aliphatic heterocycles. The molecule has 1 fully saturated rings. The van der Waals surface area contributed by atoms with Crippen LogP contribution in [0.4, 0.5) is 11.5 Å². The lowest BCUT2D eigenvalue weighted by Crippen LogP contribution is -2.14. The highest BCUT2D eigenvalue weighted by atomic mass is 16.6. The van der Waals surface area contributed by atoms with E-state index in [0.29, 0.717) is 12.4 Å². The maximum absolute atomic E-state index is 11.3. The molecular weight excluding hydrogens is 284 g/mol. The third-order valence-electron chi connectivity index (χ3n) is 4.00. The van der Waals surface area contributed by atoms with Crippen molar-refractivity contribution in [3.63, 3.8) is 0 Å². The van der Waals surface area contributed by atoms with Gasteiger partial charge >= 0.3 is 5.69 Å². The Bertz CT molecular complexity index is 516. The predicted molar refractivity (Wildman–Crippen MR) is 84.5 cm³/mol. The quantitative estimate of drug-likeness (QED) is 0.469. The normalized spacial score (nSPS) is 15.5. The van der Waals surface area contributed by atoms with E-state index in [1.54, 1.807) is 7.05 Å². The summed E-state index contributed by atoms with van der Waals surface area (Å²) in [4.78, 5) is 19.6. The number of nitrogens with zero attached hydrogens (tertiary/aromatic N) is 3. The first-order valence-electron chi connectivity index (χ1n) is 8.04. The Labute approximate surface area is 130 Å². The molecule has 1 aromatic rings. The van der Waals surface area contributed by atoms with E-state index in [4.69, 9.17) is 4.74 Å². The van der Waals surface area contributed by atoms with Crippen molar-refractivity contribution < 1.29 is 9.66 Å². The molecule has 1 N–H and O–H groups in total. The summed E-state index contributed by atoms with van der Waals surface area (Å²) >= 11 is 0. The van der Waals surface area contributed by atoms with Gasteiger partial charge in [-0.2, -0.15) is 4.98 Å². The SMILES string of the molecule is CCCCOc1nc(C2CCCCC2)nc(NC)c1[N+](=O)[O-]. The minimum atomic E-state index is -0.474. The monoisotopic (exact) mass is 308 g/mol. The molecule has 1 aromatic heterocycles. The Balaban J connectivity index is 2.34. The number of rotatable bonds is 7. The zero-order valence-corrected chi connectivity index (χ0v) is 13.3. The van der Waals surface area contributed by atoms with E-state index in [-0.39, 0.29) is 23.3 Å². The summed E-state index contributed by atoms with van der Waals surface area (Å²) in [7, 11) is 1.63. The van der Waals surface area contributed by atoms with Crippen molar-refractivity contribution in [2.75, 3.05) is 19.0 Å². The third kappa shape index (κ3) is 3.84. The number of anilines is 1.